The molecule has 2 unspecified atom stereocenters. The van der Waals surface area contributed by atoms with Gasteiger partial charge in [-0.05, 0) is 57.2 Å². The van der Waals surface area contributed by atoms with Gasteiger partial charge >= 0.3 is 5.97 Å². The molecule has 0 spiro atoms. The number of carbonyl (C=O) groups excluding carboxylic acids is 1. The zero-order chi connectivity index (χ0) is 15.1. The molecule has 2 atom stereocenters. The third-order valence-corrected chi connectivity index (χ3v) is 3.48. The first-order valence-electron chi connectivity index (χ1n) is 6.87. The summed E-state index contributed by atoms with van der Waals surface area (Å²) in [6, 6.07) is 5.72. The predicted molar refractivity (Wildman–Crippen MR) is 78.9 cm³/mol. The van der Waals surface area contributed by atoms with Crippen LogP contribution in [0.15, 0.2) is 18.2 Å². The van der Waals surface area contributed by atoms with E-state index in [1.807, 2.05) is 45.9 Å². The lowest BCUT2D eigenvalue weighted by atomic mass is 10.00. The summed E-state index contributed by atoms with van der Waals surface area (Å²) in [5.41, 5.74) is 8.00. The van der Waals surface area contributed by atoms with Gasteiger partial charge in [-0.3, -0.25) is 10.2 Å². The number of hydrogen-bond donors (Lipinski definition) is 2. The van der Waals surface area contributed by atoms with Gasteiger partial charge in [-0.15, -0.1) is 0 Å². The minimum Gasteiger partial charge on any atom is -0.460 e. The van der Waals surface area contributed by atoms with Crippen molar-refractivity contribution >= 4 is 11.8 Å². The van der Waals surface area contributed by atoms with Crippen molar-refractivity contribution in [3.8, 4) is 0 Å². The molecular weight excluding hydrogens is 252 g/mol. The molecule has 1 aromatic rings. The quantitative estimate of drug-likeness (QED) is 0.505. The van der Waals surface area contributed by atoms with Gasteiger partial charge < -0.3 is 10.5 Å². The molecule has 0 saturated heterocycles. The molecule has 0 aliphatic heterocycles. The topological polar surface area (TPSA) is 76.2 Å². The van der Waals surface area contributed by atoms with Crippen molar-refractivity contribution in [1.29, 1.82) is 5.41 Å². The van der Waals surface area contributed by atoms with Crippen LogP contribution in [0.5, 0.6) is 0 Å². The van der Waals surface area contributed by atoms with E-state index in [0.29, 0.717) is 0 Å². The summed E-state index contributed by atoms with van der Waals surface area (Å²) < 4.78 is 5.42. The first-order valence-corrected chi connectivity index (χ1v) is 6.87. The van der Waals surface area contributed by atoms with Gasteiger partial charge in [0.05, 0.1) is 5.92 Å². The maximum atomic E-state index is 12.0. The van der Waals surface area contributed by atoms with E-state index in [9.17, 15) is 4.79 Å². The average Bonchev–Trinajstić information content (AvgIpc) is 3.06. The Kier molecular flexibility index (Phi) is 3.59. The van der Waals surface area contributed by atoms with Gasteiger partial charge in [0.2, 0.25) is 0 Å². The first kappa shape index (κ1) is 14.6. The number of rotatable bonds is 3. The molecule has 4 heteroatoms. The fraction of sp³-hybridized carbons (Fsp3) is 0.500. The Morgan fingerprint density at radius 1 is 1.40 bits per heavy atom. The maximum Gasteiger partial charge on any atom is 0.310 e. The van der Waals surface area contributed by atoms with Crippen molar-refractivity contribution in [3.05, 3.63) is 34.9 Å². The van der Waals surface area contributed by atoms with Gasteiger partial charge in [-0.2, -0.15) is 0 Å². The Morgan fingerprint density at radius 3 is 2.55 bits per heavy atom. The molecule has 0 heterocycles. The summed E-state index contributed by atoms with van der Waals surface area (Å²) in [5, 5.41) is 7.44. The van der Waals surface area contributed by atoms with Gasteiger partial charge in [-0.25, -0.2) is 0 Å². The van der Waals surface area contributed by atoms with Crippen LogP contribution in [-0.2, 0) is 9.53 Å². The van der Waals surface area contributed by atoms with Gasteiger partial charge in [-0.1, -0.05) is 12.1 Å². The summed E-state index contributed by atoms with van der Waals surface area (Å²) in [5.74, 6) is 0.165. The number of amidine groups is 1. The summed E-state index contributed by atoms with van der Waals surface area (Å²) >= 11 is 0. The van der Waals surface area contributed by atoms with Crippen LogP contribution in [0.4, 0.5) is 0 Å². The minimum absolute atomic E-state index is 0.0314. The highest BCUT2D eigenvalue weighted by Crippen LogP contribution is 2.49. The number of carbonyl (C=O) groups is 1. The van der Waals surface area contributed by atoms with Crippen LogP contribution < -0.4 is 5.73 Å². The van der Waals surface area contributed by atoms with Crippen LogP contribution in [0.1, 0.15) is 49.8 Å². The number of nitrogen functional groups attached to an aromatic ring is 1. The molecule has 0 amide bonds. The number of esters is 1. The van der Waals surface area contributed by atoms with Crippen molar-refractivity contribution in [2.75, 3.05) is 0 Å². The van der Waals surface area contributed by atoms with Crippen molar-refractivity contribution in [2.24, 2.45) is 11.7 Å². The molecule has 20 heavy (non-hydrogen) atoms. The molecule has 1 aromatic carbocycles. The largest absolute Gasteiger partial charge is 0.460 e. The van der Waals surface area contributed by atoms with Gasteiger partial charge in [0.25, 0.3) is 0 Å². The molecule has 1 aliphatic carbocycles. The van der Waals surface area contributed by atoms with Crippen molar-refractivity contribution < 1.29 is 9.53 Å². The molecule has 3 N–H and O–H groups in total. The van der Waals surface area contributed by atoms with E-state index in [-0.39, 0.29) is 23.6 Å². The Balaban J connectivity index is 2.09. The van der Waals surface area contributed by atoms with E-state index in [0.717, 1.165) is 23.1 Å². The van der Waals surface area contributed by atoms with E-state index in [1.54, 1.807) is 0 Å². The second-order valence-electron chi connectivity index (χ2n) is 6.47. The van der Waals surface area contributed by atoms with Crippen molar-refractivity contribution in [1.82, 2.24) is 0 Å². The standard InChI is InChI=1S/C16H22N2O2/c1-9-7-10(14(17)18)5-6-11(9)12-8-13(12)15(19)20-16(2,3)4/h5-7,12-13H,8H2,1-4H3,(H3,17,18). The number of nitrogens with two attached hydrogens (primary N) is 1. The Hall–Kier alpha value is -1.84. The molecule has 1 aliphatic rings. The summed E-state index contributed by atoms with van der Waals surface area (Å²) in [4.78, 5) is 12.0. The maximum absolute atomic E-state index is 12.0. The second kappa shape index (κ2) is 4.93. The van der Waals surface area contributed by atoms with Gasteiger partial charge in [0.1, 0.15) is 11.4 Å². The smallest absolute Gasteiger partial charge is 0.310 e. The number of benzene rings is 1. The molecule has 4 nitrogen and oxygen atoms in total. The fourth-order valence-corrected chi connectivity index (χ4v) is 2.44. The molecule has 2 rings (SSSR count). The second-order valence-corrected chi connectivity index (χ2v) is 6.47. The van der Waals surface area contributed by atoms with Gasteiger partial charge in [0, 0.05) is 5.56 Å². The third kappa shape index (κ3) is 3.18. The van der Waals surface area contributed by atoms with Crippen LogP contribution in [0, 0.1) is 18.3 Å². The lowest BCUT2D eigenvalue weighted by Crippen LogP contribution is -2.25. The van der Waals surface area contributed by atoms with Crippen LogP contribution in [0.3, 0.4) is 0 Å². The fourth-order valence-electron chi connectivity index (χ4n) is 2.44. The molecule has 0 aromatic heterocycles. The van der Waals surface area contributed by atoms with Crippen molar-refractivity contribution in [3.63, 3.8) is 0 Å². The van der Waals surface area contributed by atoms with E-state index in [2.05, 4.69) is 0 Å². The van der Waals surface area contributed by atoms with Gasteiger partial charge in [0.15, 0.2) is 0 Å². The molecule has 0 radical (unpaired) electrons. The molecule has 108 valence electrons. The average molecular weight is 274 g/mol. The molecule has 1 saturated carbocycles. The lowest BCUT2D eigenvalue weighted by Gasteiger charge is -2.19. The molecular formula is C16H22N2O2. The Bertz CT molecular complexity index is 558. The highest BCUT2D eigenvalue weighted by Gasteiger charge is 2.46. The van der Waals surface area contributed by atoms with E-state index < -0.39 is 5.60 Å². The zero-order valence-electron chi connectivity index (χ0n) is 12.5. The minimum atomic E-state index is -0.433. The summed E-state index contributed by atoms with van der Waals surface area (Å²) in [7, 11) is 0. The van der Waals surface area contributed by atoms with Crippen LogP contribution >= 0.6 is 0 Å². The monoisotopic (exact) mass is 274 g/mol. The number of nitrogens with one attached hydrogen (secondary N) is 1. The van der Waals surface area contributed by atoms with Crippen molar-refractivity contribution in [2.45, 2.75) is 45.6 Å². The Morgan fingerprint density at radius 2 is 2.05 bits per heavy atom. The zero-order valence-corrected chi connectivity index (χ0v) is 12.5. The summed E-state index contributed by atoms with van der Waals surface area (Å²) in [6.45, 7) is 7.64. The first-order chi connectivity index (χ1) is 9.19. The number of ether oxygens (including phenoxy) is 1. The third-order valence-electron chi connectivity index (χ3n) is 3.48. The normalized spacial score (nSPS) is 21.4. The predicted octanol–water partition coefficient (Wildman–Crippen LogP) is 2.72. The highest BCUT2D eigenvalue weighted by atomic mass is 16.6. The highest BCUT2D eigenvalue weighted by molar-refractivity contribution is 5.95. The van der Waals surface area contributed by atoms with E-state index in [4.69, 9.17) is 15.9 Å². The number of hydrogen-bond acceptors (Lipinski definition) is 3. The van der Waals surface area contributed by atoms with E-state index in [1.165, 1.54) is 0 Å². The van der Waals surface area contributed by atoms with Crippen LogP contribution in [-0.4, -0.2) is 17.4 Å². The molecule has 0 bridgehead atoms. The van der Waals surface area contributed by atoms with Crippen LogP contribution in [0.2, 0.25) is 0 Å². The molecule has 1 fully saturated rings. The summed E-state index contributed by atoms with van der Waals surface area (Å²) in [6.07, 6.45) is 0.842. The lowest BCUT2D eigenvalue weighted by molar-refractivity contribution is -0.156. The Labute approximate surface area is 119 Å². The number of aryl methyl sites for hydroxylation is 1. The van der Waals surface area contributed by atoms with Crippen LogP contribution in [0.25, 0.3) is 0 Å². The SMILES string of the molecule is Cc1cc(C(=N)N)ccc1C1CC1C(=O)OC(C)(C)C. The van der Waals surface area contributed by atoms with E-state index >= 15 is 0 Å².